The number of amides is 2. The summed E-state index contributed by atoms with van der Waals surface area (Å²) < 4.78 is 10.5. The number of alkyl carbamates (subject to hydrolysis) is 1. The normalized spacial score (nSPS) is 13.0. The number of rotatable bonds is 9. The second-order valence-electron chi connectivity index (χ2n) is 6.51. The van der Waals surface area contributed by atoms with E-state index in [1.807, 2.05) is 44.2 Å². The zero-order chi connectivity index (χ0) is 19.5. The molecule has 0 aliphatic heterocycles. The van der Waals surface area contributed by atoms with E-state index in [1.165, 1.54) is 0 Å². The summed E-state index contributed by atoms with van der Waals surface area (Å²) in [6.07, 6.45) is 4.33. The highest BCUT2D eigenvalue weighted by molar-refractivity contribution is 5.86. The summed E-state index contributed by atoms with van der Waals surface area (Å²) in [6.45, 7) is 7.60. The third-order valence-corrected chi connectivity index (χ3v) is 3.55. The number of carbonyl (C=O) groups excluding carboxylic acids is 2. The van der Waals surface area contributed by atoms with E-state index in [2.05, 4.69) is 16.6 Å². The largest absolute Gasteiger partial charge is 0.447 e. The number of nitrogens with one attached hydrogen (secondary N) is 2. The average molecular weight is 360 g/mol. The van der Waals surface area contributed by atoms with E-state index in [0.717, 1.165) is 5.56 Å². The van der Waals surface area contributed by atoms with Crippen molar-refractivity contribution in [2.24, 2.45) is 5.92 Å². The third kappa shape index (κ3) is 7.58. The smallest absolute Gasteiger partial charge is 0.408 e. The van der Waals surface area contributed by atoms with Crippen LogP contribution in [0.25, 0.3) is 0 Å². The van der Waals surface area contributed by atoms with Crippen LogP contribution in [0.5, 0.6) is 0 Å². The van der Waals surface area contributed by atoms with Gasteiger partial charge in [-0.05, 0) is 25.3 Å². The summed E-state index contributed by atoms with van der Waals surface area (Å²) in [5.74, 6) is 1.98. The molecule has 0 bridgehead atoms. The van der Waals surface area contributed by atoms with Gasteiger partial charge >= 0.3 is 6.09 Å². The monoisotopic (exact) mass is 360 g/mol. The van der Waals surface area contributed by atoms with E-state index in [1.54, 1.807) is 13.8 Å². The van der Waals surface area contributed by atoms with Gasteiger partial charge in [-0.3, -0.25) is 4.79 Å². The zero-order valence-corrected chi connectivity index (χ0v) is 15.8. The number of ether oxygens (including phenoxy) is 2. The van der Waals surface area contributed by atoms with Crippen LogP contribution in [0.4, 0.5) is 4.79 Å². The summed E-state index contributed by atoms with van der Waals surface area (Å²) in [4.78, 5) is 24.6. The van der Waals surface area contributed by atoms with Crippen molar-refractivity contribution in [3.05, 3.63) is 35.9 Å². The van der Waals surface area contributed by atoms with Gasteiger partial charge in [-0.2, -0.15) is 0 Å². The SMILES string of the molecule is C#CCOCC(NC(=O)C(NC(=O)OC(C)C)C(C)C)c1ccccc1. The Labute approximate surface area is 155 Å². The molecular weight excluding hydrogens is 332 g/mol. The molecule has 0 fully saturated rings. The fourth-order valence-electron chi connectivity index (χ4n) is 2.31. The Balaban J connectivity index is 2.83. The number of hydrogen-bond donors (Lipinski definition) is 2. The van der Waals surface area contributed by atoms with Crippen molar-refractivity contribution in [1.29, 1.82) is 0 Å². The van der Waals surface area contributed by atoms with E-state index < -0.39 is 12.1 Å². The second kappa shape index (κ2) is 11.2. The van der Waals surface area contributed by atoms with Gasteiger partial charge in [-0.1, -0.05) is 50.1 Å². The molecule has 1 rings (SSSR count). The summed E-state index contributed by atoms with van der Waals surface area (Å²) in [7, 11) is 0. The predicted octanol–water partition coefficient (Wildman–Crippen LogP) is 2.65. The van der Waals surface area contributed by atoms with Gasteiger partial charge in [0.1, 0.15) is 12.6 Å². The molecule has 0 radical (unpaired) electrons. The van der Waals surface area contributed by atoms with E-state index in [0.29, 0.717) is 0 Å². The Morgan fingerprint density at radius 1 is 1.12 bits per heavy atom. The van der Waals surface area contributed by atoms with Crippen LogP contribution in [-0.2, 0) is 14.3 Å². The molecule has 0 spiro atoms. The molecule has 0 saturated heterocycles. The van der Waals surface area contributed by atoms with Gasteiger partial charge < -0.3 is 20.1 Å². The van der Waals surface area contributed by atoms with Gasteiger partial charge in [0.15, 0.2) is 0 Å². The van der Waals surface area contributed by atoms with Crippen LogP contribution in [0.3, 0.4) is 0 Å². The van der Waals surface area contributed by atoms with Gasteiger partial charge in [0.05, 0.1) is 18.8 Å². The molecule has 2 atom stereocenters. The van der Waals surface area contributed by atoms with E-state index >= 15 is 0 Å². The minimum Gasteiger partial charge on any atom is -0.447 e. The molecule has 6 nitrogen and oxygen atoms in total. The molecule has 2 unspecified atom stereocenters. The first-order valence-electron chi connectivity index (χ1n) is 8.68. The van der Waals surface area contributed by atoms with E-state index in [9.17, 15) is 9.59 Å². The Bertz CT molecular complexity index is 608. The molecular formula is C20H28N2O4. The maximum Gasteiger partial charge on any atom is 0.408 e. The molecule has 2 N–H and O–H groups in total. The zero-order valence-electron chi connectivity index (χ0n) is 15.8. The fraction of sp³-hybridized carbons (Fsp3) is 0.500. The molecule has 0 heterocycles. The van der Waals surface area contributed by atoms with Crippen molar-refractivity contribution in [1.82, 2.24) is 10.6 Å². The van der Waals surface area contributed by atoms with Crippen molar-refractivity contribution >= 4 is 12.0 Å². The van der Waals surface area contributed by atoms with Crippen molar-refractivity contribution in [3.63, 3.8) is 0 Å². The van der Waals surface area contributed by atoms with Crippen LogP contribution in [0.2, 0.25) is 0 Å². The van der Waals surface area contributed by atoms with Crippen molar-refractivity contribution in [2.75, 3.05) is 13.2 Å². The minimum atomic E-state index is -0.722. The molecule has 0 saturated carbocycles. The molecule has 1 aromatic rings. The quantitative estimate of drug-likeness (QED) is 0.524. The molecule has 0 aliphatic rings. The lowest BCUT2D eigenvalue weighted by atomic mass is 10.0. The second-order valence-corrected chi connectivity index (χ2v) is 6.51. The Hall–Kier alpha value is -2.52. The Kier molecular flexibility index (Phi) is 9.24. The predicted molar refractivity (Wildman–Crippen MR) is 100 cm³/mol. The number of hydrogen-bond acceptors (Lipinski definition) is 4. The van der Waals surface area contributed by atoms with Gasteiger partial charge in [0, 0.05) is 0 Å². The number of terminal acetylenes is 1. The molecule has 26 heavy (non-hydrogen) atoms. The topological polar surface area (TPSA) is 76.7 Å². The van der Waals surface area contributed by atoms with Crippen LogP contribution in [0.15, 0.2) is 30.3 Å². The van der Waals surface area contributed by atoms with Crippen LogP contribution in [0, 0.1) is 18.3 Å². The average Bonchev–Trinajstić information content (AvgIpc) is 2.58. The maximum absolute atomic E-state index is 12.7. The first kappa shape index (κ1) is 21.5. The van der Waals surface area contributed by atoms with Crippen LogP contribution in [0.1, 0.15) is 39.3 Å². The van der Waals surface area contributed by atoms with Gasteiger partial charge in [0.2, 0.25) is 5.91 Å². The third-order valence-electron chi connectivity index (χ3n) is 3.55. The number of benzene rings is 1. The van der Waals surface area contributed by atoms with Gasteiger partial charge in [0.25, 0.3) is 0 Å². The molecule has 0 aliphatic carbocycles. The minimum absolute atomic E-state index is 0.113. The Morgan fingerprint density at radius 3 is 2.31 bits per heavy atom. The lowest BCUT2D eigenvalue weighted by Crippen LogP contribution is -2.51. The first-order valence-corrected chi connectivity index (χ1v) is 8.68. The standard InChI is InChI=1S/C20H28N2O4/c1-6-12-25-13-17(16-10-8-7-9-11-16)21-19(23)18(14(2)3)22-20(24)26-15(4)5/h1,7-11,14-15,17-18H,12-13H2,2-5H3,(H,21,23)(H,22,24). The van der Waals surface area contributed by atoms with Crippen molar-refractivity contribution < 1.29 is 19.1 Å². The lowest BCUT2D eigenvalue weighted by molar-refractivity contribution is -0.125. The number of carbonyl (C=O) groups is 2. The fourth-order valence-corrected chi connectivity index (χ4v) is 2.31. The summed E-state index contributed by atoms with van der Waals surface area (Å²) in [5, 5.41) is 5.55. The maximum atomic E-state index is 12.7. The lowest BCUT2D eigenvalue weighted by Gasteiger charge is -2.26. The highest BCUT2D eigenvalue weighted by atomic mass is 16.6. The molecule has 0 aromatic heterocycles. The van der Waals surface area contributed by atoms with Crippen molar-refractivity contribution in [2.45, 2.75) is 45.9 Å². The highest BCUT2D eigenvalue weighted by Crippen LogP contribution is 2.14. The molecule has 1 aromatic carbocycles. The Morgan fingerprint density at radius 2 is 1.77 bits per heavy atom. The van der Waals surface area contributed by atoms with Gasteiger partial charge in [-0.15, -0.1) is 6.42 Å². The first-order chi connectivity index (χ1) is 12.3. The van der Waals surface area contributed by atoms with Crippen LogP contribution >= 0.6 is 0 Å². The van der Waals surface area contributed by atoms with E-state index in [4.69, 9.17) is 15.9 Å². The summed E-state index contributed by atoms with van der Waals surface area (Å²) >= 11 is 0. The van der Waals surface area contributed by atoms with Crippen molar-refractivity contribution in [3.8, 4) is 12.3 Å². The van der Waals surface area contributed by atoms with Crippen LogP contribution in [-0.4, -0.2) is 37.4 Å². The van der Waals surface area contributed by atoms with Crippen LogP contribution < -0.4 is 10.6 Å². The summed E-state index contributed by atoms with van der Waals surface area (Å²) in [5.41, 5.74) is 0.894. The highest BCUT2D eigenvalue weighted by Gasteiger charge is 2.27. The van der Waals surface area contributed by atoms with Gasteiger partial charge in [-0.25, -0.2) is 4.79 Å². The van der Waals surface area contributed by atoms with E-state index in [-0.39, 0.29) is 37.2 Å². The molecule has 6 heteroatoms. The molecule has 2 amide bonds. The summed E-state index contributed by atoms with van der Waals surface area (Å²) in [6, 6.07) is 8.36. The molecule has 142 valence electrons.